The molecule has 0 amide bonds. The van der Waals surface area contributed by atoms with E-state index in [0.717, 1.165) is 36.8 Å². The number of rotatable bonds is 8. The van der Waals surface area contributed by atoms with Crippen molar-refractivity contribution >= 4 is 0 Å². The molecule has 1 N–H and O–H groups in total. The highest BCUT2D eigenvalue weighted by molar-refractivity contribution is 4.97. The molecule has 2 saturated carbocycles. The first-order valence-electron chi connectivity index (χ1n) is 6.77. The zero-order chi connectivity index (χ0) is 11.5. The van der Waals surface area contributed by atoms with Crippen molar-refractivity contribution in [3.05, 3.63) is 24.2 Å². The van der Waals surface area contributed by atoms with Crippen LogP contribution in [0.1, 0.15) is 31.4 Å². The molecule has 0 atom stereocenters. The Morgan fingerprint density at radius 1 is 1.29 bits per heavy atom. The summed E-state index contributed by atoms with van der Waals surface area (Å²) >= 11 is 0. The van der Waals surface area contributed by atoms with Gasteiger partial charge in [0.05, 0.1) is 12.9 Å². The van der Waals surface area contributed by atoms with Crippen LogP contribution in [-0.2, 0) is 11.3 Å². The van der Waals surface area contributed by atoms with Crippen molar-refractivity contribution in [3.8, 4) is 0 Å². The summed E-state index contributed by atoms with van der Waals surface area (Å²) in [5, 5.41) is 3.67. The Kier molecular flexibility index (Phi) is 3.48. The Labute approximate surface area is 103 Å². The average molecular weight is 235 g/mol. The number of furan rings is 1. The third kappa shape index (κ3) is 3.33. The second-order valence-corrected chi connectivity index (χ2v) is 5.29. The molecular weight excluding hydrogens is 214 g/mol. The molecule has 0 unspecified atom stereocenters. The van der Waals surface area contributed by atoms with Gasteiger partial charge in [0.15, 0.2) is 0 Å². The molecule has 17 heavy (non-hydrogen) atoms. The van der Waals surface area contributed by atoms with Crippen LogP contribution in [0.3, 0.4) is 0 Å². The molecule has 3 rings (SSSR count). The van der Waals surface area contributed by atoms with Gasteiger partial charge in [-0.3, -0.25) is 0 Å². The van der Waals surface area contributed by atoms with Crippen LogP contribution in [0, 0.1) is 11.8 Å². The van der Waals surface area contributed by atoms with Gasteiger partial charge in [0.25, 0.3) is 0 Å². The standard InChI is InChI=1S/C14H21NO2/c1-2-13(17-8-1)10-16-9-7-15-14(11-3-4-11)12-5-6-12/h1-2,8,11-12,14-15H,3-7,9-10H2. The van der Waals surface area contributed by atoms with Gasteiger partial charge in [-0.05, 0) is 49.7 Å². The molecule has 0 radical (unpaired) electrons. The van der Waals surface area contributed by atoms with Gasteiger partial charge in [-0.1, -0.05) is 0 Å². The summed E-state index contributed by atoms with van der Waals surface area (Å²) in [5.74, 6) is 2.84. The fourth-order valence-corrected chi connectivity index (χ4v) is 2.49. The van der Waals surface area contributed by atoms with Crippen LogP contribution in [0.4, 0.5) is 0 Å². The average Bonchev–Trinajstić information content (AvgIpc) is 3.25. The minimum absolute atomic E-state index is 0.589. The molecule has 0 saturated heterocycles. The van der Waals surface area contributed by atoms with Crippen LogP contribution < -0.4 is 5.32 Å². The van der Waals surface area contributed by atoms with Crippen LogP contribution in [-0.4, -0.2) is 19.2 Å². The molecule has 94 valence electrons. The summed E-state index contributed by atoms with van der Waals surface area (Å²) in [4.78, 5) is 0. The fourth-order valence-electron chi connectivity index (χ4n) is 2.49. The van der Waals surface area contributed by atoms with Gasteiger partial charge in [0.2, 0.25) is 0 Å². The predicted molar refractivity (Wildman–Crippen MR) is 65.6 cm³/mol. The van der Waals surface area contributed by atoms with E-state index in [0.29, 0.717) is 6.61 Å². The Morgan fingerprint density at radius 2 is 2.06 bits per heavy atom. The lowest BCUT2D eigenvalue weighted by atomic mass is 10.1. The summed E-state index contributed by atoms with van der Waals surface area (Å²) in [6, 6.07) is 4.62. The molecule has 0 bridgehead atoms. The number of ether oxygens (including phenoxy) is 1. The summed E-state index contributed by atoms with van der Waals surface area (Å²) < 4.78 is 10.8. The third-order valence-corrected chi connectivity index (χ3v) is 3.71. The SMILES string of the molecule is c1coc(COCCNC(C2CC2)C2CC2)c1. The first kappa shape index (κ1) is 11.3. The normalized spacial score (nSPS) is 20.1. The van der Waals surface area contributed by atoms with Crippen molar-refractivity contribution in [2.45, 2.75) is 38.3 Å². The van der Waals surface area contributed by atoms with Crippen LogP contribution >= 0.6 is 0 Å². The first-order valence-corrected chi connectivity index (χ1v) is 6.77. The molecule has 0 aliphatic heterocycles. The molecule has 1 heterocycles. The second-order valence-electron chi connectivity index (χ2n) is 5.29. The van der Waals surface area contributed by atoms with Gasteiger partial charge in [-0.25, -0.2) is 0 Å². The van der Waals surface area contributed by atoms with Gasteiger partial charge >= 0.3 is 0 Å². The van der Waals surface area contributed by atoms with E-state index in [4.69, 9.17) is 9.15 Å². The van der Waals surface area contributed by atoms with Gasteiger partial charge < -0.3 is 14.5 Å². The molecule has 2 aliphatic rings. The Bertz CT molecular complexity index is 316. The minimum Gasteiger partial charge on any atom is -0.467 e. The second kappa shape index (κ2) is 5.23. The highest BCUT2D eigenvalue weighted by atomic mass is 16.5. The zero-order valence-corrected chi connectivity index (χ0v) is 10.2. The number of nitrogens with one attached hydrogen (secondary N) is 1. The third-order valence-electron chi connectivity index (χ3n) is 3.71. The predicted octanol–water partition coefficient (Wildman–Crippen LogP) is 2.57. The Morgan fingerprint density at radius 3 is 2.65 bits per heavy atom. The maximum atomic E-state index is 5.57. The van der Waals surface area contributed by atoms with E-state index in [1.807, 2.05) is 12.1 Å². The van der Waals surface area contributed by atoms with Crippen LogP contribution in [0.25, 0.3) is 0 Å². The van der Waals surface area contributed by atoms with Crippen LogP contribution in [0.15, 0.2) is 22.8 Å². The van der Waals surface area contributed by atoms with Crippen molar-refractivity contribution in [1.29, 1.82) is 0 Å². The van der Waals surface area contributed by atoms with Crippen molar-refractivity contribution < 1.29 is 9.15 Å². The summed E-state index contributed by atoms with van der Waals surface area (Å²) in [6.07, 6.45) is 7.42. The van der Waals surface area contributed by atoms with E-state index >= 15 is 0 Å². The number of hydrogen-bond donors (Lipinski definition) is 1. The molecule has 2 aliphatic carbocycles. The maximum absolute atomic E-state index is 5.57. The zero-order valence-electron chi connectivity index (χ0n) is 10.2. The summed E-state index contributed by atoms with van der Waals surface area (Å²) in [7, 11) is 0. The number of hydrogen-bond acceptors (Lipinski definition) is 3. The highest BCUT2D eigenvalue weighted by Crippen LogP contribution is 2.44. The largest absolute Gasteiger partial charge is 0.467 e. The maximum Gasteiger partial charge on any atom is 0.129 e. The molecular formula is C14H21NO2. The lowest BCUT2D eigenvalue weighted by Crippen LogP contribution is -2.35. The molecule has 3 heteroatoms. The van der Waals surface area contributed by atoms with Gasteiger partial charge in [0.1, 0.15) is 12.4 Å². The van der Waals surface area contributed by atoms with Crippen molar-refractivity contribution in [2.75, 3.05) is 13.2 Å². The molecule has 3 nitrogen and oxygen atoms in total. The first-order chi connectivity index (χ1) is 8.43. The molecule has 1 aromatic rings. The lowest BCUT2D eigenvalue weighted by molar-refractivity contribution is 0.105. The quantitative estimate of drug-likeness (QED) is 0.703. The lowest BCUT2D eigenvalue weighted by Gasteiger charge is -2.17. The van der Waals surface area contributed by atoms with Crippen LogP contribution in [0.5, 0.6) is 0 Å². The van der Waals surface area contributed by atoms with Crippen molar-refractivity contribution in [2.24, 2.45) is 11.8 Å². The van der Waals surface area contributed by atoms with Crippen molar-refractivity contribution in [1.82, 2.24) is 5.32 Å². The van der Waals surface area contributed by atoms with Crippen LogP contribution in [0.2, 0.25) is 0 Å². The molecule has 0 aromatic carbocycles. The van der Waals surface area contributed by atoms with Gasteiger partial charge in [-0.2, -0.15) is 0 Å². The minimum atomic E-state index is 0.589. The summed E-state index contributed by atoms with van der Waals surface area (Å²) in [5.41, 5.74) is 0. The van der Waals surface area contributed by atoms with E-state index in [1.165, 1.54) is 25.7 Å². The van der Waals surface area contributed by atoms with E-state index < -0.39 is 0 Å². The van der Waals surface area contributed by atoms with Gasteiger partial charge in [-0.15, -0.1) is 0 Å². The molecule has 2 fully saturated rings. The van der Waals surface area contributed by atoms with E-state index in [9.17, 15) is 0 Å². The van der Waals surface area contributed by atoms with Gasteiger partial charge in [0, 0.05) is 12.6 Å². The fraction of sp³-hybridized carbons (Fsp3) is 0.714. The summed E-state index contributed by atoms with van der Waals surface area (Å²) in [6.45, 7) is 2.33. The van der Waals surface area contributed by atoms with E-state index in [-0.39, 0.29) is 0 Å². The molecule has 1 aromatic heterocycles. The molecule has 0 spiro atoms. The monoisotopic (exact) mass is 235 g/mol. The topological polar surface area (TPSA) is 34.4 Å². The Balaban J connectivity index is 1.29. The van der Waals surface area contributed by atoms with Crippen molar-refractivity contribution in [3.63, 3.8) is 0 Å². The van der Waals surface area contributed by atoms with E-state index in [2.05, 4.69) is 5.32 Å². The Hall–Kier alpha value is -0.800. The smallest absolute Gasteiger partial charge is 0.129 e. The van der Waals surface area contributed by atoms with E-state index in [1.54, 1.807) is 6.26 Å². The highest BCUT2D eigenvalue weighted by Gasteiger charge is 2.40.